The van der Waals surface area contributed by atoms with Crippen LogP contribution in [0.15, 0.2) is 69.2 Å². The van der Waals surface area contributed by atoms with Crippen molar-refractivity contribution in [2.45, 2.75) is 0 Å². The summed E-state index contributed by atoms with van der Waals surface area (Å²) in [5, 5.41) is 3.96. The highest BCUT2D eigenvalue weighted by Crippen LogP contribution is 2.25. The molecule has 0 heterocycles. The fraction of sp³-hybridized carbons (Fsp3) is 0.0588. The van der Waals surface area contributed by atoms with Gasteiger partial charge in [0.15, 0.2) is 0 Å². The molecule has 118 valence electrons. The lowest BCUT2D eigenvalue weighted by Crippen LogP contribution is -2.17. The largest absolute Gasteiger partial charge is 0.488 e. The van der Waals surface area contributed by atoms with Crippen molar-refractivity contribution in [2.24, 2.45) is 5.10 Å². The SMILES string of the molecule is C=CCOc1ccc(/C=N\NC(=O)c2cccc(Br)c2)cc1Br. The third-order valence-corrected chi connectivity index (χ3v) is 3.89. The molecule has 6 heteroatoms. The molecular weight excluding hydrogens is 424 g/mol. The van der Waals surface area contributed by atoms with Crippen molar-refractivity contribution < 1.29 is 9.53 Å². The van der Waals surface area contributed by atoms with E-state index in [1.165, 1.54) is 0 Å². The third-order valence-electron chi connectivity index (χ3n) is 2.78. The molecule has 0 unspecified atom stereocenters. The summed E-state index contributed by atoms with van der Waals surface area (Å²) >= 11 is 6.76. The van der Waals surface area contributed by atoms with Crippen LogP contribution in [-0.4, -0.2) is 18.7 Å². The summed E-state index contributed by atoms with van der Waals surface area (Å²) < 4.78 is 7.12. The Kier molecular flexibility index (Phi) is 6.55. The molecule has 0 fully saturated rings. The number of rotatable bonds is 6. The number of amides is 1. The molecule has 2 aromatic carbocycles. The highest BCUT2D eigenvalue weighted by atomic mass is 79.9. The van der Waals surface area contributed by atoms with Gasteiger partial charge in [0.1, 0.15) is 12.4 Å². The molecule has 0 aliphatic carbocycles. The van der Waals surface area contributed by atoms with E-state index >= 15 is 0 Å². The van der Waals surface area contributed by atoms with E-state index in [2.05, 4.69) is 49.0 Å². The molecule has 0 spiro atoms. The maximum atomic E-state index is 11.9. The normalized spacial score (nSPS) is 10.5. The minimum absolute atomic E-state index is 0.271. The van der Waals surface area contributed by atoms with Crippen LogP contribution in [0.2, 0.25) is 0 Å². The molecule has 0 saturated heterocycles. The first kappa shape index (κ1) is 17.4. The molecule has 0 atom stereocenters. The van der Waals surface area contributed by atoms with Crippen LogP contribution in [0, 0.1) is 0 Å². The van der Waals surface area contributed by atoms with Crippen molar-refractivity contribution in [3.05, 3.63) is 75.2 Å². The van der Waals surface area contributed by atoms with Crippen LogP contribution in [0.25, 0.3) is 0 Å². The number of halogens is 2. The Morgan fingerprint density at radius 1 is 1.26 bits per heavy atom. The zero-order valence-corrected chi connectivity index (χ0v) is 15.3. The van der Waals surface area contributed by atoms with Gasteiger partial charge in [-0.3, -0.25) is 4.79 Å². The summed E-state index contributed by atoms with van der Waals surface area (Å²) in [4.78, 5) is 11.9. The van der Waals surface area contributed by atoms with E-state index in [0.717, 1.165) is 20.3 Å². The Bertz CT molecular complexity index is 745. The van der Waals surface area contributed by atoms with Crippen LogP contribution in [0.4, 0.5) is 0 Å². The highest BCUT2D eigenvalue weighted by Gasteiger charge is 2.04. The van der Waals surface area contributed by atoms with E-state index in [1.54, 1.807) is 30.5 Å². The first-order chi connectivity index (χ1) is 11.1. The molecule has 1 N–H and O–H groups in total. The summed E-state index contributed by atoms with van der Waals surface area (Å²) in [6.07, 6.45) is 3.25. The molecule has 0 aliphatic heterocycles. The Hall–Kier alpha value is -1.92. The molecule has 0 bridgehead atoms. The predicted octanol–water partition coefficient (Wildman–Crippen LogP) is 4.54. The molecule has 0 saturated carbocycles. The summed E-state index contributed by atoms with van der Waals surface area (Å²) in [6, 6.07) is 12.6. The first-order valence-electron chi connectivity index (χ1n) is 6.72. The Labute approximate surface area is 151 Å². The predicted molar refractivity (Wildman–Crippen MR) is 99.0 cm³/mol. The maximum absolute atomic E-state index is 11.9. The van der Waals surface area contributed by atoms with Crippen molar-refractivity contribution in [1.29, 1.82) is 0 Å². The van der Waals surface area contributed by atoms with Gasteiger partial charge in [-0.15, -0.1) is 0 Å². The van der Waals surface area contributed by atoms with Gasteiger partial charge in [-0.25, -0.2) is 5.43 Å². The molecular formula is C17H14Br2N2O2. The average Bonchev–Trinajstić information content (AvgIpc) is 2.54. The number of hydrogen-bond donors (Lipinski definition) is 1. The minimum Gasteiger partial charge on any atom is -0.488 e. The van der Waals surface area contributed by atoms with Gasteiger partial charge in [0.25, 0.3) is 5.91 Å². The van der Waals surface area contributed by atoms with Crippen molar-refractivity contribution in [3.8, 4) is 5.75 Å². The van der Waals surface area contributed by atoms with Crippen LogP contribution in [-0.2, 0) is 0 Å². The zero-order valence-electron chi connectivity index (χ0n) is 12.1. The number of nitrogens with one attached hydrogen (secondary N) is 1. The number of ether oxygens (including phenoxy) is 1. The lowest BCUT2D eigenvalue weighted by atomic mass is 10.2. The van der Waals surface area contributed by atoms with Gasteiger partial charge in [0, 0.05) is 10.0 Å². The van der Waals surface area contributed by atoms with Gasteiger partial charge in [-0.05, 0) is 57.9 Å². The van der Waals surface area contributed by atoms with E-state index < -0.39 is 0 Å². The smallest absolute Gasteiger partial charge is 0.271 e. The maximum Gasteiger partial charge on any atom is 0.271 e. The Balaban J connectivity index is 1.99. The van der Waals surface area contributed by atoms with Crippen molar-refractivity contribution in [1.82, 2.24) is 5.43 Å². The van der Waals surface area contributed by atoms with Crippen molar-refractivity contribution >= 4 is 44.0 Å². The van der Waals surface area contributed by atoms with Crippen LogP contribution in [0.5, 0.6) is 5.75 Å². The van der Waals surface area contributed by atoms with Crippen LogP contribution in [0.3, 0.4) is 0 Å². The number of hydrogen-bond acceptors (Lipinski definition) is 3. The zero-order chi connectivity index (χ0) is 16.7. The average molecular weight is 438 g/mol. The monoisotopic (exact) mass is 436 g/mol. The standard InChI is InChI=1S/C17H14Br2N2O2/c1-2-8-23-16-7-6-12(9-15(16)19)11-20-21-17(22)13-4-3-5-14(18)10-13/h2-7,9-11H,1,8H2,(H,21,22)/b20-11-. The molecule has 0 aromatic heterocycles. The summed E-state index contributed by atoms with van der Waals surface area (Å²) in [5.41, 5.74) is 3.86. The van der Waals surface area contributed by atoms with E-state index in [0.29, 0.717) is 12.2 Å². The fourth-order valence-electron chi connectivity index (χ4n) is 1.72. The van der Waals surface area contributed by atoms with E-state index in [-0.39, 0.29) is 5.91 Å². The van der Waals surface area contributed by atoms with Gasteiger partial charge >= 0.3 is 0 Å². The van der Waals surface area contributed by atoms with Crippen molar-refractivity contribution in [3.63, 3.8) is 0 Å². The van der Waals surface area contributed by atoms with E-state index in [9.17, 15) is 4.79 Å². The topological polar surface area (TPSA) is 50.7 Å². The second-order valence-corrected chi connectivity index (χ2v) is 6.27. The molecule has 2 aromatic rings. The number of hydrazone groups is 1. The molecule has 1 amide bonds. The van der Waals surface area contributed by atoms with E-state index in [1.807, 2.05) is 24.3 Å². The lowest BCUT2D eigenvalue weighted by Gasteiger charge is -2.06. The Morgan fingerprint density at radius 3 is 2.78 bits per heavy atom. The summed E-state index contributed by atoms with van der Waals surface area (Å²) in [5.74, 6) is 0.452. The molecule has 2 rings (SSSR count). The molecule has 4 nitrogen and oxygen atoms in total. The van der Waals surface area contributed by atoms with Crippen LogP contribution >= 0.6 is 31.9 Å². The summed E-state index contributed by atoms with van der Waals surface area (Å²) in [7, 11) is 0. The summed E-state index contributed by atoms with van der Waals surface area (Å²) in [6.45, 7) is 4.04. The number of benzene rings is 2. The third kappa shape index (κ3) is 5.33. The quantitative estimate of drug-likeness (QED) is 0.409. The van der Waals surface area contributed by atoms with E-state index in [4.69, 9.17) is 4.74 Å². The highest BCUT2D eigenvalue weighted by molar-refractivity contribution is 9.10. The second kappa shape index (κ2) is 8.64. The van der Waals surface area contributed by atoms with Gasteiger partial charge < -0.3 is 4.74 Å². The minimum atomic E-state index is -0.271. The number of carbonyl (C=O) groups is 1. The van der Waals surface area contributed by atoms with Crippen LogP contribution in [0.1, 0.15) is 15.9 Å². The number of carbonyl (C=O) groups excluding carboxylic acids is 1. The second-order valence-electron chi connectivity index (χ2n) is 4.50. The Morgan fingerprint density at radius 2 is 2.09 bits per heavy atom. The number of nitrogens with zero attached hydrogens (tertiary/aromatic N) is 1. The van der Waals surface area contributed by atoms with Crippen LogP contribution < -0.4 is 10.2 Å². The molecule has 23 heavy (non-hydrogen) atoms. The fourth-order valence-corrected chi connectivity index (χ4v) is 2.63. The van der Waals surface area contributed by atoms with Gasteiger partial charge in [-0.2, -0.15) is 5.10 Å². The molecule has 0 aliphatic rings. The van der Waals surface area contributed by atoms with Gasteiger partial charge in [-0.1, -0.05) is 34.7 Å². The lowest BCUT2D eigenvalue weighted by molar-refractivity contribution is 0.0955. The van der Waals surface area contributed by atoms with Gasteiger partial charge in [0.05, 0.1) is 10.7 Å². The van der Waals surface area contributed by atoms with Crippen molar-refractivity contribution in [2.75, 3.05) is 6.61 Å². The first-order valence-corrected chi connectivity index (χ1v) is 8.31. The molecule has 0 radical (unpaired) electrons. The van der Waals surface area contributed by atoms with Gasteiger partial charge in [0.2, 0.25) is 0 Å².